The van der Waals surface area contributed by atoms with E-state index in [4.69, 9.17) is 9.57 Å². The molecule has 5 fully saturated rings. The van der Waals surface area contributed by atoms with Gasteiger partial charge in [0.2, 0.25) is 5.91 Å². The number of rotatable bonds is 4. The lowest BCUT2D eigenvalue weighted by Crippen LogP contribution is -2.57. The summed E-state index contributed by atoms with van der Waals surface area (Å²) in [7, 11) is 0. The molecule has 5 rings (SSSR count). The Hall–Kier alpha value is -0.810. The van der Waals surface area contributed by atoms with E-state index in [1.165, 1.54) is 25.7 Å². The van der Waals surface area contributed by atoms with Crippen molar-refractivity contribution < 1.29 is 14.4 Å². The van der Waals surface area contributed by atoms with Crippen LogP contribution in [0.3, 0.4) is 0 Å². The molecule has 0 aromatic carbocycles. The normalized spacial score (nSPS) is 39.3. The summed E-state index contributed by atoms with van der Waals surface area (Å²) in [5, 5.41) is 7.55. The van der Waals surface area contributed by atoms with Gasteiger partial charge in [0, 0.05) is 51.6 Å². The number of hydrogen-bond acceptors (Lipinski definition) is 8. The Morgan fingerprint density at radius 2 is 1.77 bits per heavy atom. The summed E-state index contributed by atoms with van der Waals surface area (Å²) in [6, 6.07) is 0.988. The first-order valence-electron chi connectivity index (χ1n) is 12.4. The van der Waals surface area contributed by atoms with E-state index in [-0.39, 0.29) is 18.3 Å². The van der Waals surface area contributed by atoms with Gasteiger partial charge in [0.25, 0.3) is 0 Å². The number of nitrogens with zero attached hydrogens (tertiary/aromatic N) is 3. The summed E-state index contributed by atoms with van der Waals surface area (Å²) < 4.78 is 5.49. The second-order valence-corrected chi connectivity index (χ2v) is 9.90. The highest BCUT2D eigenvalue weighted by molar-refractivity contribution is 5.73. The van der Waals surface area contributed by atoms with Crippen LogP contribution in [-0.4, -0.2) is 104 Å². The molecule has 0 bridgehead atoms. The van der Waals surface area contributed by atoms with Crippen LogP contribution in [0.15, 0.2) is 0 Å². The number of nitrogens with one attached hydrogen (secondary N) is 3. The van der Waals surface area contributed by atoms with Gasteiger partial charge in [0.05, 0.1) is 31.6 Å². The second-order valence-electron chi connectivity index (χ2n) is 9.90. The summed E-state index contributed by atoms with van der Waals surface area (Å²) >= 11 is 0. The molecule has 9 heteroatoms. The Morgan fingerprint density at radius 3 is 2.48 bits per heavy atom. The lowest BCUT2D eigenvalue weighted by molar-refractivity contribution is -0.130. The van der Waals surface area contributed by atoms with Gasteiger partial charge < -0.3 is 15.0 Å². The van der Waals surface area contributed by atoms with E-state index in [1.54, 1.807) is 6.92 Å². The van der Waals surface area contributed by atoms with Crippen LogP contribution in [0.5, 0.6) is 0 Å². The van der Waals surface area contributed by atoms with Crippen molar-refractivity contribution in [2.45, 2.75) is 76.1 Å². The number of hydrogen-bond donors (Lipinski definition) is 3. The maximum absolute atomic E-state index is 11.7. The number of morpholine rings is 1. The standard InChI is InChI=1S/C22H40N6O3/c1-16(29)26-9-6-18(7-10-26)28-8-2-3-19(28)22-24-21(25-31-22)17-4-5-20(23-15-17)27-11-13-30-14-12-27/h17-25H,2-15H2,1H3. The maximum atomic E-state index is 11.7. The molecular weight excluding hydrogens is 396 g/mol. The van der Waals surface area contributed by atoms with Crippen LogP contribution >= 0.6 is 0 Å². The Bertz CT molecular complexity index is 602. The molecule has 0 spiro atoms. The fourth-order valence-corrected chi connectivity index (χ4v) is 6.27. The SMILES string of the molecule is CC(=O)N1CCC(N2CCCC2C2NC(C3CCC(N4CCOCC4)NC3)NO2)CC1. The van der Waals surface area contributed by atoms with E-state index in [9.17, 15) is 4.79 Å². The Balaban J connectivity index is 1.10. The third-order valence-electron chi connectivity index (χ3n) is 8.12. The van der Waals surface area contributed by atoms with E-state index >= 15 is 0 Å². The first kappa shape index (κ1) is 22.0. The molecule has 5 heterocycles. The number of carbonyl (C=O) groups is 1. The van der Waals surface area contributed by atoms with Crippen molar-refractivity contribution in [1.29, 1.82) is 0 Å². The van der Waals surface area contributed by atoms with Gasteiger partial charge in [-0.3, -0.25) is 24.7 Å². The van der Waals surface area contributed by atoms with Crippen LogP contribution in [-0.2, 0) is 14.4 Å². The molecule has 0 saturated carbocycles. The Kier molecular flexibility index (Phi) is 7.09. The van der Waals surface area contributed by atoms with Crippen LogP contribution in [0.25, 0.3) is 0 Å². The van der Waals surface area contributed by atoms with Gasteiger partial charge in [-0.2, -0.15) is 5.48 Å². The summed E-state index contributed by atoms with van der Waals surface area (Å²) in [4.78, 5) is 24.9. The third kappa shape index (κ3) is 4.93. The predicted octanol–water partition coefficient (Wildman–Crippen LogP) is -0.104. The molecule has 3 N–H and O–H groups in total. The van der Waals surface area contributed by atoms with Crippen molar-refractivity contribution in [1.82, 2.24) is 30.8 Å². The van der Waals surface area contributed by atoms with Crippen molar-refractivity contribution >= 4 is 5.91 Å². The molecule has 0 aromatic heterocycles. The lowest BCUT2D eigenvalue weighted by atomic mass is 9.94. The van der Waals surface area contributed by atoms with Gasteiger partial charge in [-0.25, -0.2) is 0 Å². The fourth-order valence-electron chi connectivity index (χ4n) is 6.27. The van der Waals surface area contributed by atoms with Crippen LogP contribution in [0, 0.1) is 5.92 Å². The number of likely N-dealkylation sites (tertiary alicyclic amines) is 2. The minimum Gasteiger partial charge on any atom is -0.379 e. The van der Waals surface area contributed by atoms with E-state index in [2.05, 4.69) is 25.9 Å². The van der Waals surface area contributed by atoms with Crippen LogP contribution in [0.1, 0.15) is 45.4 Å². The van der Waals surface area contributed by atoms with Crippen molar-refractivity contribution in [3.05, 3.63) is 0 Å². The maximum Gasteiger partial charge on any atom is 0.219 e. The predicted molar refractivity (Wildman–Crippen MR) is 117 cm³/mol. The van der Waals surface area contributed by atoms with Crippen LogP contribution < -0.4 is 16.1 Å². The number of hydroxylamine groups is 1. The Morgan fingerprint density at radius 1 is 0.968 bits per heavy atom. The second kappa shape index (κ2) is 9.99. The van der Waals surface area contributed by atoms with Crippen molar-refractivity contribution in [3.63, 3.8) is 0 Å². The fraction of sp³-hybridized carbons (Fsp3) is 0.955. The van der Waals surface area contributed by atoms with Crippen LogP contribution in [0.4, 0.5) is 0 Å². The largest absolute Gasteiger partial charge is 0.379 e. The molecule has 5 aliphatic heterocycles. The number of carbonyl (C=O) groups excluding carboxylic acids is 1. The molecule has 0 aliphatic carbocycles. The molecule has 5 atom stereocenters. The van der Waals surface area contributed by atoms with E-state index in [1.807, 2.05) is 4.90 Å². The van der Waals surface area contributed by atoms with E-state index in [0.717, 1.165) is 65.3 Å². The van der Waals surface area contributed by atoms with Gasteiger partial charge in [-0.05, 0) is 45.1 Å². The van der Waals surface area contributed by atoms with E-state index < -0.39 is 0 Å². The summed E-state index contributed by atoms with van der Waals surface area (Å²) in [6.45, 7) is 9.41. The number of amides is 1. The summed E-state index contributed by atoms with van der Waals surface area (Å²) in [5.74, 6) is 0.747. The quantitative estimate of drug-likeness (QED) is 0.564. The van der Waals surface area contributed by atoms with Gasteiger partial charge in [-0.15, -0.1) is 0 Å². The van der Waals surface area contributed by atoms with Crippen molar-refractivity contribution in [2.24, 2.45) is 5.92 Å². The Labute approximate surface area is 186 Å². The third-order valence-corrected chi connectivity index (χ3v) is 8.12. The van der Waals surface area contributed by atoms with Crippen molar-refractivity contribution in [2.75, 3.05) is 52.5 Å². The highest BCUT2D eigenvalue weighted by atomic mass is 16.7. The zero-order chi connectivity index (χ0) is 21.2. The minimum absolute atomic E-state index is 0.0512. The van der Waals surface area contributed by atoms with Gasteiger partial charge >= 0.3 is 0 Å². The first-order chi connectivity index (χ1) is 15.2. The van der Waals surface area contributed by atoms with Gasteiger partial charge in [-0.1, -0.05) is 0 Å². The molecule has 0 aromatic rings. The molecule has 5 aliphatic rings. The molecule has 31 heavy (non-hydrogen) atoms. The molecule has 176 valence electrons. The zero-order valence-corrected chi connectivity index (χ0v) is 18.9. The van der Waals surface area contributed by atoms with Crippen LogP contribution in [0.2, 0.25) is 0 Å². The highest BCUT2D eigenvalue weighted by Crippen LogP contribution is 2.30. The zero-order valence-electron chi connectivity index (χ0n) is 18.9. The summed E-state index contributed by atoms with van der Waals surface area (Å²) in [5.41, 5.74) is 3.33. The molecule has 5 unspecified atom stereocenters. The molecular formula is C22H40N6O3. The monoisotopic (exact) mass is 436 g/mol. The average Bonchev–Trinajstić information content (AvgIpc) is 3.50. The smallest absolute Gasteiger partial charge is 0.219 e. The van der Waals surface area contributed by atoms with E-state index in [0.29, 0.717) is 24.2 Å². The van der Waals surface area contributed by atoms with Gasteiger partial charge in [0.15, 0.2) is 0 Å². The lowest BCUT2D eigenvalue weighted by Gasteiger charge is -2.41. The summed E-state index contributed by atoms with van der Waals surface area (Å²) in [6.07, 6.45) is 7.71. The molecule has 5 saturated heterocycles. The number of ether oxygens (including phenoxy) is 1. The van der Waals surface area contributed by atoms with Crippen molar-refractivity contribution in [3.8, 4) is 0 Å². The van der Waals surface area contributed by atoms with Gasteiger partial charge in [0.1, 0.15) is 6.23 Å². The molecule has 1 amide bonds. The molecule has 0 radical (unpaired) electrons. The topological polar surface area (TPSA) is 81.3 Å². The minimum atomic E-state index is 0.0512. The number of piperidine rings is 2. The first-order valence-corrected chi connectivity index (χ1v) is 12.4. The molecule has 9 nitrogen and oxygen atoms in total. The highest BCUT2D eigenvalue weighted by Gasteiger charge is 2.43. The average molecular weight is 437 g/mol.